The number of rotatable bonds is 56. The number of carbonyl (C=O) groups is 2. The number of esters is 2. The average Bonchev–Trinajstić information content (AvgIpc) is 3.36. The van der Waals surface area contributed by atoms with E-state index in [-0.39, 0.29) is 25.2 Å². The Kier molecular flexibility index (Phi) is 58.3. The van der Waals surface area contributed by atoms with E-state index in [4.69, 9.17) is 9.47 Å². The van der Waals surface area contributed by atoms with Crippen LogP contribution in [-0.4, -0.2) is 36.4 Å². The molecule has 0 aliphatic carbocycles. The summed E-state index contributed by atoms with van der Waals surface area (Å²) in [7, 11) is 0. The van der Waals surface area contributed by atoms with Gasteiger partial charge in [0.25, 0.3) is 0 Å². The smallest absolute Gasteiger partial charge is 0.306 e. The molecule has 0 amide bonds. The van der Waals surface area contributed by atoms with E-state index in [1.54, 1.807) is 0 Å². The first-order valence-electron chi connectivity index (χ1n) is 30.5. The molecule has 0 spiro atoms. The number of aliphatic hydroxyl groups is 1. The van der Waals surface area contributed by atoms with Crippen LogP contribution in [0.4, 0.5) is 0 Å². The van der Waals surface area contributed by atoms with Crippen LogP contribution in [0, 0.1) is 0 Å². The highest BCUT2D eigenvalue weighted by molar-refractivity contribution is 5.70. The van der Waals surface area contributed by atoms with Crippen molar-refractivity contribution in [2.45, 2.75) is 315 Å². The molecule has 0 aliphatic rings. The summed E-state index contributed by atoms with van der Waals surface area (Å²) in [4.78, 5) is 24.6. The van der Waals surface area contributed by atoms with Gasteiger partial charge in [-0.15, -0.1) is 0 Å². The molecule has 0 aromatic rings. The minimum atomic E-state index is -0.774. The zero-order chi connectivity index (χ0) is 50.6. The van der Waals surface area contributed by atoms with Crippen molar-refractivity contribution in [3.05, 3.63) is 72.9 Å². The van der Waals surface area contributed by atoms with Gasteiger partial charge in [-0.1, -0.05) is 286 Å². The van der Waals surface area contributed by atoms with E-state index < -0.39 is 6.10 Å². The van der Waals surface area contributed by atoms with Gasteiger partial charge in [0.15, 0.2) is 6.10 Å². The van der Waals surface area contributed by atoms with Crippen LogP contribution in [0.3, 0.4) is 0 Å². The molecule has 0 aromatic carbocycles. The fraction of sp³-hybridized carbons (Fsp3) is 0.785. The maximum absolute atomic E-state index is 12.3. The van der Waals surface area contributed by atoms with Gasteiger partial charge in [-0.3, -0.25) is 9.59 Å². The highest BCUT2D eigenvalue weighted by atomic mass is 16.6. The highest BCUT2D eigenvalue weighted by Gasteiger charge is 2.16. The largest absolute Gasteiger partial charge is 0.462 e. The van der Waals surface area contributed by atoms with E-state index in [0.29, 0.717) is 12.8 Å². The number of unbranched alkanes of at least 4 members (excludes halogenated alkanes) is 36. The molecule has 0 heterocycles. The third-order valence-electron chi connectivity index (χ3n) is 13.5. The SMILES string of the molecule is CC/C=C\C/C=C\C/C=C\C/C=C\CCCCCCCCCCCCCCCCCCCCC(=O)OC(CO)COC(=O)CCCCCCCCCCCCCCC/C=C\C/C=C\CCCCCCC. The Bertz CT molecular complexity index is 1240. The molecule has 0 aromatic heterocycles. The third-order valence-corrected chi connectivity index (χ3v) is 13.5. The Morgan fingerprint density at radius 1 is 0.343 bits per heavy atom. The number of carbonyl (C=O) groups excluding carboxylic acids is 2. The standard InChI is InChI=1S/C65H116O5/c1-3-5-7-9-11-13-15-17-19-21-23-25-27-29-30-31-32-33-34-36-38-40-42-44-46-48-50-52-54-56-58-60-65(68)70-63(61-66)62-69-64(67)59-57-55-53-51-49-47-45-43-41-39-37-35-28-26-24-22-20-18-16-14-12-10-8-6-4-2/h5,7,11,13,16-19,22-25,63,66H,3-4,6,8-10,12,14-15,20-21,26-62H2,1-2H3/b7-5-,13-11-,18-16-,19-17-,24-22-,25-23-. The third kappa shape index (κ3) is 57.9. The second-order valence-electron chi connectivity index (χ2n) is 20.4. The van der Waals surface area contributed by atoms with Crippen LogP contribution in [0.5, 0.6) is 0 Å². The summed E-state index contributed by atoms with van der Waals surface area (Å²) in [5.41, 5.74) is 0. The van der Waals surface area contributed by atoms with Crippen molar-refractivity contribution in [3.63, 3.8) is 0 Å². The summed E-state index contributed by atoms with van der Waals surface area (Å²) in [5, 5.41) is 9.67. The number of ether oxygens (including phenoxy) is 2. The Morgan fingerprint density at radius 2 is 0.614 bits per heavy atom. The van der Waals surface area contributed by atoms with Crippen molar-refractivity contribution >= 4 is 11.9 Å². The fourth-order valence-electron chi connectivity index (χ4n) is 8.93. The van der Waals surface area contributed by atoms with Crippen molar-refractivity contribution in [1.29, 1.82) is 0 Å². The molecule has 5 heteroatoms. The molecule has 0 saturated carbocycles. The Morgan fingerprint density at radius 3 is 0.929 bits per heavy atom. The molecule has 0 radical (unpaired) electrons. The van der Waals surface area contributed by atoms with E-state index in [1.165, 1.54) is 212 Å². The predicted molar refractivity (Wildman–Crippen MR) is 306 cm³/mol. The van der Waals surface area contributed by atoms with Crippen LogP contribution in [0.25, 0.3) is 0 Å². The number of allylic oxidation sites excluding steroid dienone is 12. The topological polar surface area (TPSA) is 72.8 Å². The van der Waals surface area contributed by atoms with Gasteiger partial charge in [-0.05, 0) is 83.5 Å². The summed E-state index contributed by atoms with van der Waals surface area (Å²) in [6, 6.07) is 0. The van der Waals surface area contributed by atoms with Crippen molar-refractivity contribution in [1.82, 2.24) is 0 Å². The molecule has 1 N–H and O–H groups in total. The summed E-state index contributed by atoms with van der Waals surface area (Å²) in [6.07, 6.45) is 83.2. The Hall–Kier alpha value is -2.66. The molecule has 70 heavy (non-hydrogen) atoms. The quantitative estimate of drug-likeness (QED) is 0.0373. The molecular weight excluding hydrogens is 861 g/mol. The molecule has 1 atom stereocenters. The lowest BCUT2D eigenvalue weighted by Gasteiger charge is -2.15. The molecule has 0 saturated heterocycles. The second kappa shape index (κ2) is 60.6. The van der Waals surface area contributed by atoms with Gasteiger partial charge in [0.2, 0.25) is 0 Å². The second-order valence-corrected chi connectivity index (χ2v) is 20.4. The summed E-state index contributed by atoms with van der Waals surface area (Å²) < 4.78 is 10.7. The fourth-order valence-corrected chi connectivity index (χ4v) is 8.93. The molecule has 5 nitrogen and oxygen atoms in total. The van der Waals surface area contributed by atoms with Gasteiger partial charge in [0.05, 0.1) is 6.61 Å². The minimum absolute atomic E-state index is 0.0646. The van der Waals surface area contributed by atoms with Crippen LogP contribution in [-0.2, 0) is 19.1 Å². The first-order valence-corrected chi connectivity index (χ1v) is 30.5. The van der Waals surface area contributed by atoms with Gasteiger partial charge in [-0.2, -0.15) is 0 Å². The summed E-state index contributed by atoms with van der Waals surface area (Å²) in [5.74, 6) is -0.579. The van der Waals surface area contributed by atoms with Crippen LogP contribution in [0.15, 0.2) is 72.9 Å². The Labute approximate surface area is 435 Å². The first kappa shape index (κ1) is 67.3. The molecule has 0 rings (SSSR count). The van der Waals surface area contributed by atoms with E-state index >= 15 is 0 Å². The first-order chi connectivity index (χ1) is 34.6. The summed E-state index contributed by atoms with van der Waals surface area (Å²) >= 11 is 0. The van der Waals surface area contributed by atoms with Gasteiger partial charge < -0.3 is 14.6 Å². The van der Waals surface area contributed by atoms with E-state index in [0.717, 1.165) is 70.6 Å². The Balaban J connectivity index is 3.45. The van der Waals surface area contributed by atoms with Crippen molar-refractivity contribution in [3.8, 4) is 0 Å². The van der Waals surface area contributed by atoms with Gasteiger partial charge >= 0.3 is 11.9 Å². The van der Waals surface area contributed by atoms with E-state index in [1.807, 2.05) is 0 Å². The van der Waals surface area contributed by atoms with Crippen LogP contribution < -0.4 is 0 Å². The van der Waals surface area contributed by atoms with E-state index in [2.05, 4.69) is 86.8 Å². The zero-order valence-electron chi connectivity index (χ0n) is 46.5. The number of hydrogen-bond donors (Lipinski definition) is 1. The molecule has 0 bridgehead atoms. The molecular formula is C65H116O5. The lowest BCUT2D eigenvalue weighted by molar-refractivity contribution is -0.161. The normalized spacial score (nSPS) is 12.7. The molecule has 406 valence electrons. The van der Waals surface area contributed by atoms with Crippen LogP contribution in [0.2, 0.25) is 0 Å². The molecule has 1 unspecified atom stereocenters. The van der Waals surface area contributed by atoms with Crippen molar-refractivity contribution in [2.24, 2.45) is 0 Å². The van der Waals surface area contributed by atoms with E-state index in [9.17, 15) is 14.7 Å². The van der Waals surface area contributed by atoms with Crippen LogP contribution in [0.1, 0.15) is 309 Å². The lowest BCUT2D eigenvalue weighted by Crippen LogP contribution is -2.28. The lowest BCUT2D eigenvalue weighted by atomic mass is 10.0. The molecule has 0 aliphatic heterocycles. The predicted octanol–water partition coefficient (Wildman–Crippen LogP) is 20.8. The zero-order valence-corrected chi connectivity index (χ0v) is 46.5. The average molecular weight is 978 g/mol. The highest BCUT2D eigenvalue weighted by Crippen LogP contribution is 2.17. The van der Waals surface area contributed by atoms with Crippen molar-refractivity contribution in [2.75, 3.05) is 13.2 Å². The maximum atomic E-state index is 12.3. The minimum Gasteiger partial charge on any atom is -0.462 e. The number of aliphatic hydroxyl groups excluding tert-OH is 1. The van der Waals surface area contributed by atoms with Gasteiger partial charge in [-0.25, -0.2) is 0 Å². The summed E-state index contributed by atoms with van der Waals surface area (Å²) in [6.45, 7) is 4.05. The van der Waals surface area contributed by atoms with Crippen LogP contribution >= 0.6 is 0 Å². The maximum Gasteiger partial charge on any atom is 0.306 e. The van der Waals surface area contributed by atoms with Gasteiger partial charge in [0.1, 0.15) is 6.61 Å². The van der Waals surface area contributed by atoms with Crippen molar-refractivity contribution < 1.29 is 24.2 Å². The van der Waals surface area contributed by atoms with Gasteiger partial charge in [0, 0.05) is 12.8 Å². The number of hydrogen-bond acceptors (Lipinski definition) is 5. The molecule has 0 fully saturated rings. The monoisotopic (exact) mass is 977 g/mol.